The number of alkyl halides is 1. The third kappa shape index (κ3) is 5.95. The van der Waals surface area contributed by atoms with Gasteiger partial charge in [0, 0.05) is 12.7 Å². The SMILES string of the molecule is NC(=O)c1cnc2c(c1)nc1n2CCOP(=O)(S)OCC2OC([n+]3[nH]nc4c(=O)[nH]c(N)nc43)C(OP(O)(=S)OC1)C2F. The van der Waals surface area contributed by atoms with E-state index in [1.807, 2.05) is 0 Å². The van der Waals surface area contributed by atoms with Crippen molar-refractivity contribution in [3.63, 3.8) is 0 Å². The van der Waals surface area contributed by atoms with Crippen molar-refractivity contribution in [2.45, 2.75) is 37.8 Å². The number of anilines is 1. The Hall–Kier alpha value is -2.91. The van der Waals surface area contributed by atoms with E-state index in [0.29, 0.717) is 0 Å². The van der Waals surface area contributed by atoms with Gasteiger partial charge < -0.3 is 30.2 Å². The molecule has 0 saturated carbocycles. The number of carbonyl (C=O) groups excluding carboxylic acids is 1. The van der Waals surface area contributed by atoms with Gasteiger partial charge in [0.1, 0.15) is 24.1 Å². The van der Waals surface area contributed by atoms with Crippen molar-refractivity contribution in [2.24, 2.45) is 5.73 Å². The summed E-state index contributed by atoms with van der Waals surface area (Å²) in [6, 6.07) is 1.40. The molecule has 0 aliphatic carbocycles. The average Bonchev–Trinajstić information content (AvgIpc) is 3.59. The Morgan fingerprint density at radius 2 is 2.12 bits per heavy atom. The van der Waals surface area contributed by atoms with E-state index < -0.39 is 62.8 Å². The largest absolute Gasteiger partial charge is 0.386 e. The van der Waals surface area contributed by atoms with Crippen LogP contribution in [-0.4, -0.2) is 77.2 Å². The van der Waals surface area contributed by atoms with Crippen LogP contribution < -0.4 is 21.7 Å². The molecule has 6 unspecified atom stereocenters. The molecule has 7 N–H and O–H groups in total. The summed E-state index contributed by atoms with van der Waals surface area (Å²) in [5, 5.41) is 6.36. The van der Waals surface area contributed by atoms with E-state index in [0.717, 1.165) is 4.68 Å². The van der Waals surface area contributed by atoms with Gasteiger partial charge in [-0.2, -0.15) is 0 Å². The number of imidazole rings is 1. The molecule has 4 aromatic heterocycles. The van der Waals surface area contributed by atoms with Gasteiger partial charge in [-0.15, -0.1) is 9.90 Å². The molecular formula is C19H22FN10O9P2S2+. The number of aromatic nitrogens is 8. The Bertz CT molecular complexity index is 1910. The number of hydrogen-bond acceptors (Lipinski definition) is 14. The number of nitrogens with two attached hydrogens (primary N) is 2. The summed E-state index contributed by atoms with van der Waals surface area (Å²) in [6.07, 6.45) is -5.44. The molecule has 4 aromatic rings. The number of hydrogen-bond donors (Lipinski definition) is 6. The molecule has 1 fully saturated rings. The van der Waals surface area contributed by atoms with Gasteiger partial charge in [-0.3, -0.25) is 28.1 Å². The number of H-pyrrole nitrogens is 2. The molecule has 0 spiro atoms. The number of nitrogens with one attached hydrogen (secondary N) is 2. The number of nitrogen functional groups attached to an aromatic ring is 1. The van der Waals surface area contributed by atoms with Crippen molar-refractivity contribution in [3.05, 3.63) is 34.0 Å². The summed E-state index contributed by atoms with van der Waals surface area (Å²) >= 11 is 9.16. The first-order valence-electron chi connectivity index (χ1n) is 12.2. The molecule has 0 radical (unpaired) electrons. The molecular weight excluding hydrogens is 657 g/mol. The molecule has 230 valence electrons. The molecule has 2 aliphatic rings. The molecule has 2 bridgehead atoms. The average molecular weight is 680 g/mol. The zero-order valence-electron chi connectivity index (χ0n) is 21.5. The fraction of sp³-hybridized carbons (Fsp3) is 0.421. The van der Waals surface area contributed by atoms with E-state index in [4.69, 9.17) is 46.1 Å². The molecule has 6 atom stereocenters. The molecule has 6 rings (SSSR count). The Kier molecular flexibility index (Phi) is 7.86. The van der Waals surface area contributed by atoms with Crippen LogP contribution in [0.5, 0.6) is 0 Å². The summed E-state index contributed by atoms with van der Waals surface area (Å²) in [4.78, 5) is 49.8. The second-order valence-corrected chi connectivity index (χ2v) is 14.9. The van der Waals surface area contributed by atoms with Crippen LogP contribution in [0.1, 0.15) is 22.4 Å². The Labute approximate surface area is 248 Å². The third-order valence-electron chi connectivity index (χ3n) is 6.44. The van der Waals surface area contributed by atoms with Crippen molar-refractivity contribution in [3.8, 4) is 0 Å². The maximum atomic E-state index is 15.9. The van der Waals surface area contributed by atoms with Gasteiger partial charge in [0.25, 0.3) is 5.95 Å². The predicted molar refractivity (Wildman–Crippen MR) is 149 cm³/mol. The number of carbonyl (C=O) groups is 1. The van der Waals surface area contributed by atoms with E-state index >= 15 is 4.39 Å². The van der Waals surface area contributed by atoms with Gasteiger partial charge in [-0.1, -0.05) is 17.2 Å². The van der Waals surface area contributed by atoms with Crippen LogP contribution >= 0.6 is 25.8 Å². The summed E-state index contributed by atoms with van der Waals surface area (Å²) < 4.78 is 58.9. The second kappa shape index (κ2) is 11.2. The highest BCUT2D eigenvalue weighted by atomic mass is 32.7. The summed E-state index contributed by atoms with van der Waals surface area (Å²) in [6.45, 7) is -9.67. The van der Waals surface area contributed by atoms with Crippen molar-refractivity contribution in [1.29, 1.82) is 0 Å². The lowest BCUT2D eigenvalue weighted by Crippen LogP contribution is -2.49. The number of thiol groups is 1. The smallest absolute Gasteiger partial charge is 0.366 e. The molecule has 6 heterocycles. The molecule has 1 amide bonds. The van der Waals surface area contributed by atoms with Crippen molar-refractivity contribution in [2.75, 3.05) is 18.9 Å². The van der Waals surface area contributed by atoms with Crippen LogP contribution in [0.15, 0.2) is 17.1 Å². The van der Waals surface area contributed by atoms with Crippen LogP contribution in [0.4, 0.5) is 10.3 Å². The van der Waals surface area contributed by atoms with Crippen LogP contribution in [0.2, 0.25) is 0 Å². The zero-order valence-corrected chi connectivity index (χ0v) is 25.0. The van der Waals surface area contributed by atoms with E-state index in [2.05, 4.69) is 42.5 Å². The van der Waals surface area contributed by atoms with Gasteiger partial charge >= 0.3 is 30.2 Å². The fourth-order valence-electron chi connectivity index (χ4n) is 4.53. The van der Waals surface area contributed by atoms with E-state index in [1.165, 1.54) is 16.8 Å². The number of fused-ring (bicyclic) bond motifs is 6. The number of pyridine rings is 1. The Morgan fingerprint density at radius 3 is 2.88 bits per heavy atom. The minimum Gasteiger partial charge on any atom is -0.366 e. The van der Waals surface area contributed by atoms with Crippen LogP contribution in [0, 0.1) is 0 Å². The van der Waals surface area contributed by atoms with E-state index in [-0.39, 0.29) is 52.8 Å². The maximum Gasteiger partial charge on any atom is 0.386 e. The zero-order chi connectivity index (χ0) is 30.7. The minimum atomic E-state index is -4.26. The van der Waals surface area contributed by atoms with Crippen LogP contribution in [0.25, 0.3) is 22.3 Å². The number of nitrogens with zero attached hydrogens (tertiary/aromatic N) is 6. The second-order valence-electron chi connectivity index (χ2n) is 9.23. The molecule has 24 heteroatoms. The number of ether oxygens (including phenoxy) is 1. The van der Waals surface area contributed by atoms with Gasteiger partial charge in [0.2, 0.25) is 12.1 Å². The number of rotatable bonds is 2. The molecule has 1 saturated heterocycles. The van der Waals surface area contributed by atoms with E-state index in [9.17, 15) is 19.0 Å². The minimum absolute atomic E-state index is 0.00363. The lowest BCUT2D eigenvalue weighted by Gasteiger charge is -2.23. The first kappa shape index (κ1) is 30.1. The van der Waals surface area contributed by atoms with E-state index in [1.54, 1.807) is 0 Å². The van der Waals surface area contributed by atoms with Gasteiger partial charge in [0.05, 0.1) is 18.8 Å². The highest BCUT2D eigenvalue weighted by molar-refractivity contribution is 8.44. The number of amides is 1. The number of halogens is 1. The molecule has 0 aromatic carbocycles. The topological polar surface area (TPSA) is 262 Å². The Balaban J connectivity index is 1.38. The van der Waals surface area contributed by atoms with Crippen LogP contribution in [0.3, 0.4) is 0 Å². The van der Waals surface area contributed by atoms with Crippen LogP contribution in [-0.2, 0) is 52.4 Å². The summed E-state index contributed by atoms with van der Waals surface area (Å²) in [5.41, 5.74) is 10.6. The van der Waals surface area contributed by atoms with Crippen molar-refractivity contribution < 1.29 is 46.2 Å². The lowest BCUT2D eigenvalue weighted by atomic mass is 10.1. The first-order valence-corrected chi connectivity index (χ1v) is 17.5. The Morgan fingerprint density at radius 1 is 1.33 bits per heavy atom. The van der Waals surface area contributed by atoms with Crippen molar-refractivity contribution >= 4 is 71.8 Å². The van der Waals surface area contributed by atoms with Gasteiger partial charge in [-0.25, -0.2) is 18.9 Å². The first-order chi connectivity index (χ1) is 20.3. The van der Waals surface area contributed by atoms with Gasteiger partial charge in [-0.05, 0) is 23.0 Å². The summed E-state index contributed by atoms with van der Waals surface area (Å²) in [5.74, 6) is -0.853. The number of aromatic amines is 2. The normalized spacial score (nSPS) is 30.6. The van der Waals surface area contributed by atoms with Crippen molar-refractivity contribution in [1.82, 2.24) is 34.8 Å². The third-order valence-corrected chi connectivity index (χ3v) is 9.66. The fourth-order valence-corrected chi connectivity index (χ4v) is 7.02. The van der Waals surface area contributed by atoms with Gasteiger partial charge in [0.15, 0.2) is 17.9 Å². The number of primary amides is 1. The maximum absolute atomic E-state index is 15.9. The monoisotopic (exact) mass is 679 g/mol. The highest BCUT2D eigenvalue weighted by Gasteiger charge is 2.53. The molecule has 2 aliphatic heterocycles. The molecule has 19 nitrogen and oxygen atoms in total. The standard InChI is InChI=1S/C19H21FN10O9P2S2/c20-11-9-5-36-40(33,42)35-2-1-29-10(24-8-3-7(14(21)31)4-23-15(8)29)6-37-41(34,43)39-13(11)18(38-9)30-16-12(27-28-30)17(32)26-19(22)25-16/h3-4,9,11,13,18H,1-2,5-6H2,(H7,21,22,25,26,28,31,32,33,34,42,43)/p+1. The quantitative estimate of drug-likeness (QED) is 0.0886. The molecule has 43 heavy (non-hydrogen) atoms. The highest BCUT2D eigenvalue weighted by Crippen LogP contribution is 2.54. The summed E-state index contributed by atoms with van der Waals surface area (Å²) in [7, 11) is 0. The lowest BCUT2D eigenvalue weighted by molar-refractivity contribution is -0.795. The predicted octanol–water partition coefficient (Wildman–Crippen LogP) is -0.501.